The van der Waals surface area contributed by atoms with Gasteiger partial charge in [-0.15, -0.1) is 0 Å². The molecule has 118 valence electrons. The van der Waals surface area contributed by atoms with Crippen molar-refractivity contribution in [3.63, 3.8) is 0 Å². The Balaban J connectivity index is 1.76. The second-order valence-corrected chi connectivity index (χ2v) is 8.97. The number of aliphatic carboxylic acids is 1. The zero-order valence-electron chi connectivity index (χ0n) is 13.7. The van der Waals surface area contributed by atoms with Gasteiger partial charge in [-0.25, -0.2) is 0 Å². The average molecular weight is 293 g/mol. The molecule has 4 nitrogen and oxygen atoms in total. The highest BCUT2D eigenvalue weighted by molar-refractivity contribution is 5.91. The van der Waals surface area contributed by atoms with Crippen LogP contribution in [0.3, 0.4) is 0 Å². The van der Waals surface area contributed by atoms with Crippen molar-refractivity contribution in [1.29, 1.82) is 0 Å². The van der Waals surface area contributed by atoms with Crippen molar-refractivity contribution in [3.05, 3.63) is 0 Å². The summed E-state index contributed by atoms with van der Waals surface area (Å²) in [5, 5.41) is 12.5. The number of carbonyl (C=O) groups is 2. The maximum Gasteiger partial charge on any atom is 0.307 e. The van der Waals surface area contributed by atoms with Crippen molar-refractivity contribution >= 4 is 11.9 Å². The fourth-order valence-electron chi connectivity index (χ4n) is 5.48. The van der Waals surface area contributed by atoms with Gasteiger partial charge in [-0.2, -0.15) is 0 Å². The summed E-state index contributed by atoms with van der Waals surface area (Å²) >= 11 is 0. The standard InChI is InChI=1S/C17H27NO3/c1-15(2)9-6-7-17(5,8-9)14(15)18-12(19)10-11(13(20)21)16(10,3)4/h9-11,14H,6-8H2,1-5H3,(H,18,19)(H,20,21)/t9?,10-,11+,14?,17?/m1/s1. The van der Waals surface area contributed by atoms with Gasteiger partial charge in [0.05, 0.1) is 11.8 Å². The fourth-order valence-corrected chi connectivity index (χ4v) is 5.48. The lowest BCUT2D eigenvalue weighted by atomic mass is 9.68. The molecule has 2 bridgehead atoms. The predicted octanol–water partition coefficient (Wildman–Crippen LogP) is 2.67. The molecule has 0 aromatic rings. The number of rotatable bonds is 3. The number of nitrogens with one attached hydrogen (secondary N) is 1. The van der Waals surface area contributed by atoms with Crippen molar-refractivity contribution in [2.45, 2.75) is 59.9 Å². The SMILES string of the molecule is CC12CCC(C1)C(C)(C)C2NC(=O)[C@H]1[C@@H](C(=O)O)C1(C)C. The normalized spacial score (nSPS) is 45.4. The van der Waals surface area contributed by atoms with E-state index in [1.807, 2.05) is 13.8 Å². The topological polar surface area (TPSA) is 66.4 Å². The Labute approximate surface area is 126 Å². The maximum absolute atomic E-state index is 12.6. The van der Waals surface area contributed by atoms with Crippen LogP contribution in [0.1, 0.15) is 53.9 Å². The molecule has 0 heterocycles. The maximum atomic E-state index is 12.6. The van der Waals surface area contributed by atoms with E-state index in [9.17, 15) is 14.7 Å². The first-order chi connectivity index (χ1) is 9.52. The van der Waals surface area contributed by atoms with E-state index in [0.29, 0.717) is 5.92 Å². The summed E-state index contributed by atoms with van der Waals surface area (Å²) in [6.45, 7) is 10.5. The minimum atomic E-state index is -0.849. The van der Waals surface area contributed by atoms with Gasteiger partial charge in [-0.05, 0) is 41.4 Å². The third kappa shape index (κ3) is 1.87. The Kier molecular flexibility index (Phi) is 2.84. The van der Waals surface area contributed by atoms with Gasteiger partial charge in [0.25, 0.3) is 0 Å². The van der Waals surface area contributed by atoms with Gasteiger partial charge in [0.1, 0.15) is 0 Å². The van der Waals surface area contributed by atoms with Crippen LogP contribution in [0.25, 0.3) is 0 Å². The monoisotopic (exact) mass is 293 g/mol. The summed E-state index contributed by atoms with van der Waals surface area (Å²) in [4.78, 5) is 23.9. The average Bonchev–Trinajstić information content (AvgIpc) is 2.63. The molecule has 0 aromatic heterocycles. The molecule has 0 spiro atoms. The smallest absolute Gasteiger partial charge is 0.307 e. The summed E-state index contributed by atoms with van der Waals surface area (Å²) in [7, 11) is 0. The highest BCUT2D eigenvalue weighted by Crippen LogP contribution is 2.63. The third-order valence-electron chi connectivity index (χ3n) is 6.93. The molecule has 3 rings (SSSR count). The van der Waals surface area contributed by atoms with Crippen LogP contribution >= 0.6 is 0 Å². The number of hydrogen-bond acceptors (Lipinski definition) is 2. The molecule has 3 saturated carbocycles. The molecular formula is C17H27NO3. The van der Waals surface area contributed by atoms with E-state index in [4.69, 9.17) is 0 Å². The number of hydrogen-bond donors (Lipinski definition) is 2. The van der Waals surface area contributed by atoms with Crippen LogP contribution < -0.4 is 5.32 Å². The van der Waals surface area contributed by atoms with Gasteiger partial charge in [0, 0.05) is 6.04 Å². The first-order valence-corrected chi connectivity index (χ1v) is 8.05. The summed E-state index contributed by atoms with van der Waals surface area (Å²) in [5.41, 5.74) is -0.124. The molecule has 3 unspecified atom stereocenters. The highest BCUT2D eigenvalue weighted by atomic mass is 16.4. The molecular weight excluding hydrogens is 266 g/mol. The lowest BCUT2D eigenvalue weighted by Crippen LogP contribution is -2.53. The van der Waals surface area contributed by atoms with Gasteiger partial charge in [-0.3, -0.25) is 9.59 Å². The van der Waals surface area contributed by atoms with Crippen LogP contribution in [0.5, 0.6) is 0 Å². The minimum Gasteiger partial charge on any atom is -0.481 e. The Hall–Kier alpha value is -1.06. The molecule has 3 aliphatic carbocycles. The van der Waals surface area contributed by atoms with Crippen LogP contribution in [0.15, 0.2) is 0 Å². The third-order valence-corrected chi connectivity index (χ3v) is 6.93. The van der Waals surface area contributed by atoms with E-state index >= 15 is 0 Å². The molecule has 2 N–H and O–H groups in total. The van der Waals surface area contributed by atoms with E-state index in [1.165, 1.54) is 19.3 Å². The van der Waals surface area contributed by atoms with Crippen LogP contribution in [0, 0.1) is 34.0 Å². The molecule has 4 heteroatoms. The second kappa shape index (κ2) is 4.02. The minimum absolute atomic E-state index is 0.0562. The van der Waals surface area contributed by atoms with E-state index < -0.39 is 17.3 Å². The number of carbonyl (C=O) groups excluding carboxylic acids is 1. The number of fused-ring (bicyclic) bond motifs is 2. The summed E-state index contributed by atoms with van der Waals surface area (Å²) in [6, 6.07) is 0.169. The molecule has 0 aliphatic heterocycles. The van der Waals surface area contributed by atoms with E-state index in [-0.39, 0.29) is 28.7 Å². The Morgan fingerprint density at radius 2 is 1.67 bits per heavy atom. The molecule has 3 fully saturated rings. The number of carboxylic acids is 1. The first-order valence-electron chi connectivity index (χ1n) is 8.05. The highest BCUT2D eigenvalue weighted by Gasteiger charge is 2.67. The van der Waals surface area contributed by atoms with Crippen molar-refractivity contribution in [2.24, 2.45) is 34.0 Å². The summed E-state index contributed by atoms with van der Waals surface area (Å²) < 4.78 is 0. The van der Waals surface area contributed by atoms with E-state index in [1.54, 1.807) is 0 Å². The zero-order chi connectivity index (χ0) is 15.8. The number of amides is 1. The lowest BCUT2D eigenvalue weighted by Gasteiger charge is -2.43. The Morgan fingerprint density at radius 1 is 1.05 bits per heavy atom. The van der Waals surface area contributed by atoms with Crippen molar-refractivity contribution in [3.8, 4) is 0 Å². The van der Waals surface area contributed by atoms with Crippen LogP contribution in [-0.2, 0) is 9.59 Å². The van der Waals surface area contributed by atoms with Gasteiger partial charge in [0.2, 0.25) is 5.91 Å². The van der Waals surface area contributed by atoms with Gasteiger partial charge < -0.3 is 10.4 Å². The van der Waals surface area contributed by atoms with Gasteiger partial charge in [0.15, 0.2) is 0 Å². The Bertz CT molecular complexity index is 505. The second-order valence-electron chi connectivity index (χ2n) is 8.97. The van der Waals surface area contributed by atoms with Crippen molar-refractivity contribution in [2.75, 3.05) is 0 Å². The molecule has 0 saturated heterocycles. The fraction of sp³-hybridized carbons (Fsp3) is 0.882. The molecule has 0 aromatic carbocycles. The first kappa shape index (κ1) is 14.9. The molecule has 5 atom stereocenters. The van der Waals surface area contributed by atoms with E-state index in [2.05, 4.69) is 26.1 Å². The molecule has 0 radical (unpaired) electrons. The van der Waals surface area contributed by atoms with Crippen molar-refractivity contribution in [1.82, 2.24) is 5.32 Å². The Morgan fingerprint density at radius 3 is 2.10 bits per heavy atom. The summed E-state index contributed by atoms with van der Waals surface area (Å²) in [6.07, 6.45) is 3.60. The van der Waals surface area contributed by atoms with Crippen LogP contribution in [0.4, 0.5) is 0 Å². The molecule has 1 amide bonds. The van der Waals surface area contributed by atoms with Crippen LogP contribution in [0.2, 0.25) is 0 Å². The largest absolute Gasteiger partial charge is 0.481 e. The molecule has 21 heavy (non-hydrogen) atoms. The van der Waals surface area contributed by atoms with Crippen molar-refractivity contribution < 1.29 is 14.7 Å². The predicted molar refractivity (Wildman–Crippen MR) is 79.6 cm³/mol. The van der Waals surface area contributed by atoms with E-state index in [0.717, 1.165) is 0 Å². The summed E-state index contributed by atoms with van der Waals surface area (Å²) in [5.74, 6) is -1.14. The zero-order valence-corrected chi connectivity index (χ0v) is 13.7. The molecule has 3 aliphatic rings. The van der Waals surface area contributed by atoms with Gasteiger partial charge >= 0.3 is 5.97 Å². The van der Waals surface area contributed by atoms with Crippen LogP contribution in [-0.4, -0.2) is 23.0 Å². The number of carboxylic acid groups (broad SMARTS) is 1. The van der Waals surface area contributed by atoms with Gasteiger partial charge in [-0.1, -0.05) is 34.6 Å². The quantitative estimate of drug-likeness (QED) is 0.840. The lowest BCUT2D eigenvalue weighted by molar-refractivity contribution is -0.140.